The van der Waals surface area contributed by atoms with Crippen molar-refractivity contribution in [1.29, 1.82) is 5.41 Å². The molecule has 5 nitrogen and oxygen atoms in total. The first-order chi connectivity index (χ1) is 9.77. The average molecular weight is 284 g/mol. The molecule has 0 saturated heterocycles. The van der Waals surface area contributed by atoms with Crippen LogP contribution in [-0.4, -0.2) is 15.8 Å². The molecule has 0 aliphatic rings. The summed E-state index contributed by atoms with van der Waals surface area (Å²) in [6.45, 7) is 8.37. The summed E-state index contributed by atoms with van der Waals surface area (Å²) in [6.07, 6.45) is 1.53. The van der Waals surface area contributed by atoms with Crippen molar-refractivity contribution in [2.75, 3.05) is 0 Å². The number of aromatic nitrogens is 2. The highest BCUT2D eigenvalue weighted by molar-refractivity contribution is 5.92. The molecular formula is C16H20N4O. The molecule has 1 aromatic heterocycles. The maximum absolute atomic E-state index is 7.42. The van der Waals surface area contributed by atoms with Crippen LogP contribution in [0.25, 0.3) is 0 Å². The Hall–Kier alpha value is -2.43. The summed E-state index contributed by atoms with van der Waals surface area (Å²) in [6, 6.07) is 7.85. The minimum atomic E-state index is -0.109. The van der Waals surface area contributed by atoms with E-state index in [0.717, 1.165) is 16.9 Å². The van der Waals surface area contributed by atoms with Crippen LogP contribution in [0.15, 0.2) is 30.5 Å². The minimum absolute atomic E-state index is 0.0543. The molecule has 2 rings (SSSR count). The quantitative estimate of drug-likeness (QED) is 0.669. The lowest BCUT2D eigenvalue weighted by Gasteiger charge is -2.22. The van der Waals surface area contributed by atoms with Gasteiger partial charge in [0.05, 0.1) is 0 Å². The Morgan fingerprint density at radius 3 is 2.57 bits per heavy atom. The van der Waals surface area contributed by atoms with Gasteiger partial charge in [-0.1, -0.05) is 32.9 Å². The lowest BCUT2D eigenvalue weighted by Crippen LogP contribution is -2.15. The second-order valence-corrected chi connectivity index (χ2v) is 5.99. The van der Waals surface area contributed by atoms with Crippen LogP contribution >= 0.6 is 0 Å². The molecule has 3 N–H and O–H groups in total. The van der Waals surface area contributed by atoms with Crippen molar-refractivity contribution in [2.45, 2.75) is 33.1 Å². The number of nitrogen functional groups attached to an aromatic ring is 1. The molecule has 1 aromatic carbocycles. The van der Waals surface area contributed by atoms with Crippen LogP contribution < -0.4 is 10.5 Å². The summed E-state index contributed by atoms with van der Waals surface area (Å²) in [5.41, 5.74) is 7.91. The van der Waals surface area contributed by atoms with E-state index in [4.69, 9.17) is 15.9 Å². The summed E-state index contributed by atoms with van der Waals surface area (Å²) in [5.74, 6) is 0.616. The largest absolute Gasteiger partial charge is 0.424 e. The number of rotatable bonds is 3. The van der Waals surface area contributed by atoms with E-state index in [1.165, 1.54) is 6.20 Å². The number of aryl methyl sites for hydroxylation is 1. The number of hydrogen-bond donors (Lipinski definition) is 2. The van der Waals surface area contributed by atoms with E-state index in [1.54, 1.807) is 6.07 Å². The van der Waals surface area contributed by atoms with Crippen LogP contribution in [0.1, 0.15) is 37.6 Å². The Kier molecular flexibility index (Phi) is 3.93. The first-order valence-electron chi connectivity index (χ1n) is 6.74. The summed E-state index contributed by atoms with van der Waals surface area (Å²) in [7, 11) is 0. The SMILES string of the molecule is Cc1ccc(C(C)(C)C)c(Oc2nccc(C(=N)N)n2)c1. The molecule has 0 spiro atoms. The third kappa shape index (κ3) is 3.56. The first kappa shape index (κ1) is 15.0. The summed E-state index contributed by atoms with van der Waals surface area (Å²) in [5, 5.41) is 7.42. The van der Waals surface area contributed by atoms with Crippen molar-refractivity contribution in [1.82, 2.24) is 9.97 Å². The average Bonchev–Trinajstić information content (AvgIpc) is 2.37. The zero-order valence-electron chi connectivity index (χ0n) is 12.8. The normalized spacial score (nSPS) is 11.2. The predicted molar refractivity (Wildman–Crippen MR) is 83.0 cm³/mol. The molecule has 2 aromatic rings. The molecule has 1 heterocycles. The van der Waals surface area contributed by atoms with Gasteiger partial charge in [0, 0.05) is 11.8 Å². The summed E-state index contributed by atoms with van der Waals surface area (Å²) < 4.78 is 5.83. The third-order valence-electron chi connectivity index (χ3n) is 3.06. The molecule has 21 heavy (non-hydrogen) atoms. The standard InChI is InChI=1S/C16H20N4O/c1-10-5-6-11(16(2,3)4)13(9-10)21-15-19-8-7-12(20-15)14(17)18/h5-9H,1-4H3,(H3,17,18). The lowest BCUT2D eigenvalue weighted by molar-refractivity contribution is 0.422. The van der Waals surface area contributed by atoms with Gasteiger partial charge in [0.2, 0.25) is 0 Å². The fourth-order valence-corrected chi connectivity index (χ4v) is 1.97. The van der Waals surface area contributed by atoms with Gasteiger partial charge in [-0.05, 0) is 30.0 Å². The fraction of sp³-hybridized carbons (Fsp3) is 0.312. The molecule has 0 saturated carbocycles. The zero-order valence-corrected chi connectivity index (χ0v) is 12.8. The van der Waals surface area contributed by atoms with Gasteiger partial charge in [-0.2, -0.15) is 4.98 Å². The van der Waals surface area contributed by atoms with Gasteiger partial charge in [0.15, 0.2) is 0 Å². The Balaban J connectivity index is 2.41. The molecule has 5 heteroatoms. The number of nitrogens with two attached hydrogens (primary N) is 1. The van der Waals surface area contributed by atoms with Crippen LogP contribution in [0.4, 0.5) is 0 Å². The van der Waals surface area contributed by atoms with Crippen molar-refractivity contribution >= 4 is 5.84 Å². The van der Waals surface area contributed by atoms with Crippen molar-refractivity contribution < 1.29 is 4.74 Å². The minimum Gasteiger partial charge on any atom is -0.424 e. The summed E-state index contributed by atoms with van der Waals surface area (Å²) in [4.78, 5) is 8.22. The van der Waals surface area contributed by atoms with E-state index < -0.39 is 0 Å². The second-order valence-electron chi connectivity index (χ2n) is 5.99. The second kappa shape index (κ2) is 5.52. The van der Waals surface area contributed by atoms with Gasteiger partial charge in [-0.3, -0.25) is 5.41 Å². The maximum Gasteiger partial charge on any atom is 0.322 e. The highest BCUT2D eigenvalue weighted by Gasteiger charge is 2.20. The van der Waals surface area contributed by atoms with E-state index >= 15 is 0 Å². The number of ether oxygens (including phenoxy) is 1. The van der Waals surface area contributed by atoms with Gasteiger partial charge < -0.3 is 10.5 Å². The number of nitrogens with zero attached hydrogens (tertiary/aromatic N) is 2. The molecular weight excluding hydrogens is 264 g/mol. The molecule has 0 bridgehead atoms. The number of benzene rings is 1. The Bertz CT molecular complexity index is 674. The molecule has 0 unspecified atom stereocenters. The first-order valence-corrected chi connectivity index (χ1v) is 6.74. The van der Waals surface area contributed by atoms with E-state index in [-0.39, 0.29) is 17.3 Å². The van der Waals surface area contributed by atoms with Crippen LogP contribution in [0.5, 0.6) is 11.8 Å². The molecule has 0 atom stereocenters. The Morgan fingerprint density at radius 1 is 1.24 bits per heavy atom. The van der Waals surface area contributed by atoms with Crippen LogP contribution in [-0.2, 0) is 5.41 Å². The summed E-state index contributed by atoms with van der Waals surface area (Å²) >= 11 is 0. The van der Waals surface area contributed by atoms with Crippen LogP contribution in [0.3, 0.4) is 0 Å². The van der Waals surface area contributed by atoms with E-state index in [1.807, 2.05) is 13.0 Å². The molecule has 110 valence electrons. The number of hydrogen-bond acceptors (Lipinski definition) is 4. The van der Waals surface area contributed by atoms with E-state index in [9.17, 15) is 0 Å². The number of amidine groups is 1. The highest BCUT2D eigenvalue weighted by Crippen LogP contribution is 2.33. The van der Waals surface area contributed by atoms with E-state index in [0.29, 0.717) is 5.69 Å². The molecule has 0 aliphatic heterocycles. The van der Waals surface area contributed by atoms with Gasteiger partial charge in [-0.25, -0.2) is 4.98 Å². The predicted octanol–water partition coefficient (Wildman–Crippen LogP) is 3.16. The smallest absolute Gasteiger partial charge is 0.322 e. The van der Waals surface area contributed by atoms with Crippen molar-refractivity contribution in [2.24, 2.45) is 5.73 Å². The van der Waals surface area contributed by atoms with Gasteiger partial charge in [-0.15, -0.1) is 0 Å². The van der Waals surface area contributed by atoms with Crippen LogP contribution in [0, 0.1) is 12.3 Å². The van der Waals surface area contributed by atoms with Crippen LogP contribution in [0.2, 0.25) is 0 Å². The fourth-order valence-electron chi connectivity index (χ4n) is 1.97. The highest BCUT2D eigenvalue weighted by atomic mass is 16.5. The molecule has 0 radical (unpaired) electrons. The Morgan fingerprint density at radius 2 is 1.95 bits per heavy atom. The van der Waals surface area contributed by atoms with Gasteiger partial charge in [0.1, 0.15) is 17.3 Å². The van der Waals surface area contributed by atoms with Gasteiger partial charge in [0.25, 0.3) is 0 Å². The van der Waals surface area contributed by atoms with E-state index in [2.05, 4.69) is 42.9 Å². The van der Waals surface area contributed by atoms with Crippen molar-refractivity contribution in [3.63, 3.8) is 0 Å². The molecule has 0 amide bonds. The third-order valence-corrected chi connectivity index (χ3v) is 3.06. The monoisotopic (exact) mass is 284 g/mol. The van der Waals surface area contributed by atoms with Crippen molar-refractivity contribution in [3.8, 4) is 11.8 Å². The molecule has 0 fully saturated rings. The maximum atomic E-state index is 7.42. The van der Waals surface area contributed by atoms with Gasteiger partial charge >= 0.3 is 6.01 Å². The number of nitrogens with one attached hydrogen (secondary N) is 1. The molecule has 0 aliphatic carbocycles. The zero-order chi connectivity index (χ0) is 15.6. The Labute approximate surface area is 124 Å². The topological polar surface area (TPSA) is 84.9 Å². The van der Waals surface area contributed by atoms with Crippen molar-refractivity contribution in [3.05, 3.63) is 47.3 Å². The lowest BCUT2D eigenvalue weighted by atomic mass is 9.86.